The number of nitrogens with one attached hydrogen (secondary N) is 1. The fourth-order valence-electron chi connectivity index (χ4n) is 1.68. The van der Waals surface area contributed by atoms with E-state index < -0.39 is 24.2 Å². The standard InChI is InChI=1S/C11H19N3O4/c12-7(11(17)18)3-1-2-5-14-10(16)9-8(15)4-6-13-9/h6-9,15H,1-5,12H2,(H,14,16)(H,17,18)/t7-,8+,9+/m0/s1. The van der Waals surface area contributed by atoms with Gasteiger partial charge in [-0.05, 0) is 19.3 Å². The lowest BCUT2D eigenvalue weighted by Gasteiger charge is -2.12. The Hall–Kier alpha value is -1.47. The lowest BCUT2D eigenvalue weighted by molar-refractivity contribution is -0.138. The van der Waals surface area contributed by atoms with Gasteiger partial charge in [-0.2, -0.15) is 0 Å². The molecule has 0 bridgehead atoms. The number of carbonyl (C=O) groups is 2. The lowest BCUT2D eigenvalue weighted by Crippen LogP contribution is -2.39. The van der Waals surface area contributed by atoms with Crippen molar-refractivity contribution < 1.29 is 19.8 Å². The van der Waals surface area contributed by atoms with E-state index in [9.17, 15) is 14.7 Å². The van der Waals surface area contributed by atoms with Crippen molar-refractivity contribution in [3.05, 3.63) is 0 Å². The SMILES string of the molecule is N[C@@H](CCCCNC(=O)[C@@H]1N=CC[C@H]1O)C(=O)O. The average Bonchev–Trinajstić information content (AvgIpc) is 2.74. The first-order valence-corrected chi connectivity index (χ1v) is 5.98. The van der Waals surface area contributed by atoms with Crippen molar-refractivity contribution in [2.75, 3.05) is 6.54 Å². The van der Waals surface area contributed by atoms with Gasteiger partial charge < -0.3 is 21.3 Å². The van der Waals surface area contributed by atoms with Gasteiger partial charge in [-0.3, -0.25) is 14.6 Å². The number of aliphatic hydroxyl groups excluding tert-OH is 1. The van der Waals surface area contributed by atoms with Crippen molar-refractivity contribution in [1.82, 2.24) is 5.32 Å². The van der Waals surface area contributed by atoms with Crippen LogP contribution in [0.5, 0.6) is 0 Å². The molecule has 0 aromatic rings. The molecule has 1 heterocycles. The minimum absolute atomic E-state index is 0.293. The van der Waals surface area contributed by atoms with E-state index in [0.717, 1.165) is 0 Å². The number of carbonyl (C=O) groups excluding carboxylic acids is 1. The monoisotopic (exact) mass is 257 g/mol. The highest BCUT2D eigenvalue weighted by Gasteiger charge is 2.28. The third-order valence-electron chi connectivity index (χ3n) is 2.80. The van der Waals surface area contributed by atoms with Gasteiger partial charge in [0, 0.05) is 19.2 Å². The van der Waals surface area contributed by atoms with Crippen LogP contribution in [0.1, 0.15) is 25.7 Å². The number of nitrogens with two attached hydrogens (primary N) is 1. The number of hydrogen-bond acceptors (Lipinski definition) is 5. The zero-order chi connectivity index (χ0) is 13.5. The van der Waals surface area contributed by atoms with Crippen LogP contribution in [0, 0.1) is 0 Å². The number of aliphatic hydroxyl groups is 1. The van der Waals surface area contributed by atoms with E-state index in [-0.39, 0.29) is 5.91 Å². The molecule has 0 aromatic carbocycles. The zero-order valence-corrected chi connectivity index (χ0v) is 10.1. The summed E-state index contributed by atoms with van der Waals surface area (Å²) in [6.45, 7) is 0.434. The molecule has 0 radical (unpaired) electrons. The maximum atomic E-state index is 11.6. The summed E-state index contributed by atoms with van der Waals surface area (Å²) in [5.74, 6) is -1.30. The van der Waals surface area contributed by atoms with E-state index in [1.807, 2.05) is 0 Å². The van der Waals surface area contributed by atoms with Crippen LogP contribution in [0.2, 0.25) is 0 Å². The van der Waals surface area contributed by atoms with Gasteiger partial charge in [0.1, 0.15) is 6.04 Å². The number of nitrogens with zero attached hydrogens (tertiary/aromatic N) is 1. The van der Waals surface area contributed by atoms with Gasteiger partial charge in [0.05, 0.1) is 6.10 Å². The Bertz CT molecular complexity index is 332. The first-order chi connectivity index (χ1) is 8.52. The van der Waals surface area contributed by atoms with E-state index in [1.54, 1.807) is 6.21 Å². The Labute approximate surface area is 105 Å². The molecule has 0 saturated heterocycles. The molecule has 1 aliphatic heterocycles. The normalized spacial score (nSPS) is 23.9. The summed E-state index contributed by atoms with van der Waals surface area (Å²) in [5, 5.41) is 20.6. The first-order valence-electron chi connectivity index (χ1n) is 5.98. The second kappa shape index (κ2) is 7.07. The van der Waals surface area contributed by atoms with E-state index in [1.165, 1.54) is 0 Å². The van der Waals surface area contributed by atoms with Gasteiger partial charge in [-0.15, -0.1) is 0 Å². The number of unbranched alkanes of at least 4 members (excludes halogenated alkanes) is 1. The van der Waals surface area contributed by atoms with Crippen molar-refractivity contribution in [2.45, 2.75) is 43.9 Å². The van der Waals surface area contributed by atoms with Gasteiger partial charge in [0.25, 0.3) is 0 Å². The summed E-state index contributed by atoms with van der Waals surface area (Å²) in [6, 6.07) is -1.55. The highest BCUT2D eigenvalue weighted by molar-refractivity contribution is 5.86. The number of carboxylic acid groups (broad SMARTS) is 1. The van der Waals surface area contributed by atoms with Gasteiger partial charge in [0.2, 0.25) is 5.91 Å². The highest BCUT2D eigenvalue weighted by Crippen LogP contribution is 2.09. The van der Waals surface area contributed by atoms with Gasteiger partial charge in [-0.1, -0.05) is 0 Å². The molecule has 0 fully saturated rings. The van der Waals surface area contributed by atoms with Crippen LogP contribution in [0.3, 0.4) is 0 Å². The van der Waals surface area contributed by atoms with Crippen molar-refractivity contribution in [3.63, 3.8) is 0 Å². The van der Waals surface area contributed by atoms with E-state index in [0.29, 0.717) is 32.2 Å². The molecule has 7 nitrogen and oxygen atoms in total. The Morgan fingerprint density at radius 3 is 2.78 bits per heavy atom. The fraction of sp³-hybridized carbons (Fsp3) is 0.727. The summed E-state index contributed by atoms with van der Waals surface area (Å²) in [5.41, 5.74) is 5.34. The number of hydrogen-bond donors (Lipinski definition) is 4. The van der Waals surface area contributed by atoms with Crippen LogP contribution >= 0.6 is 0 Å². The highest BCUT2D eigenvalue weighted by atomic mass is 16.4. The molecule has 1 rings (SSSR count). The lowest BCUT2D eigenvalue weighted by atomic mass is 10.1. The first kappa shape index (κ1) is 14.6. The molecule has 1 aliphatic rings. The molecular formula is C11H19N3O4. The van der Waals surface area contributed by atoms with E-state index in [4.69, 9.17) is 10.8 Å². The number of rotatable bonds is 7. The second-order valence-electron chi connectivity index (χ2n) is 4.31. The van der Waals surface area contributed by atoms with E-state index in [2.05, 4.69) is 10.3 Å². The Balaban J connectivity index is 2.09. The smallest absolute Gasteiger partial charge is 0.320 e. The molecule has 3 atom stereocenters. The van der Waals surface area contributed by atoms with Crippen LogP contribution in [0.4, 0.5) is 0 Å². The molecule has 1 amide bonds. The molecule has 0 saturated carbocycles. The molecular weight excluding hydrogens is 238 g/mol. The van der Waals surface area contributed by atoms with Crippen molar-refractivity contribution in [2.24, 2.45) is 10.7 Å². The number of aliphatic imine (C=N–C) groups is 1. The molecule has 0 spiro atoms. The summed E-state index contributed by atoms with van der Waals surface area (Å²) in [4.78, 5) is 25.9. The van der Waals surface area contributed by atoms with Crippen LogP contribution in [-0.2, 0) is 9.59 Å². The van der Waals surface area contributed by atoms with Crippen LogP contribution in [-0.4, -0.2) is 53.0 Å². The molecule has 18 heavy (non-hydrogen) atoms. The van der Waals surface area contributed by atoms with Gasteiger partial charge in [-0.25, -0.2) is 0 Å². The number of aliphatic carboxylic acids is 1. The zero-order valence-electron chi connectivity index (χ0n) is 10.1. The quantitative estimate of drug-likeness (QED) is 0.430. The predicted octanol–water partition coefficient (Wildman–Crippen LogP) is -1.11. The summed E-state index contributed by atoms with van der Waals surface area (Å²) < 4.78 is 0. The third kappa shape index (κ3) is 4.42. The number of amides is 1. The Morgan fingerprint density at radius 1 is 1.50 bits per heavy atom. The molecule has 0 unspecified atom stereocenters. The Kier molecular flexibility index (Phi) is 5.73. The van der Waals surface area contributed by atoms with Crippen LogP contribution in [0.15, 0.2) is 4.99 Å². The maximum Gasteiger partial charge on any atom is 0.320 e. The molecule has 0 aromatic heterocycles. The molecule has 102 valence electrons. The van der Waals surface area contributed by atoms with Gasteiger partial charge >= 0.3 is 5.97 Å². The predicted molar refractivity (Wildman–Crippen MR) is 65.4 cm³/mol. The Morgan fingerprint density at radius 2 is 2.22 bits per heavy atom. The number of carboxylic acids is 1. The summed E-state index contributed by atoms with van der Waals surface area (Å²) >= 11 is 0. The fourth-order valence-corrected chi connectivity index (χ4v) is 1.68. The van der Waals surface area contributed by atoms with Crippen molar-refractivity contribution >= 4 is 18.1 Å². The molecule has 5 N–H and O–H groups in total. The average molecular weight is 257 g/mol. The topological polar surface area (TPSA) is 125 Å². The molecule has 0 aliphatic carbocycles. The largest absolute Gasteiger partial charge is 0.480 e. The van der Waals surface area contributed by atoms with Crippen molar-refractivity contribution in [1.29, 1.82) is 0 Å². The van der Waals surface area contributed by atoms with Crippen LogP contribution < -0.4 is 11.1 Å². The van der Waals surface area contributed by atoms with Crippen molar-refractivity contribution in [3.8, 4) is 0 Å². The second-order valence-corrected chi connectivity index (χ2v) is 4.31. The minimum Gasteiger partial charge on any atom is -0.480 e. The minimum atomic E-state index is -1.01. The summed E-state index contributed by atoms with van der Waals surface area (Å²) in [6.07, 6.45) is 2.89. The van der Waals surface area contributed by atoms with Gasteiger partial charge in [0.15, 0.2) is 6.04 Å². The third-order valence-corrected chi connectivity index (χ3v) is 2.80. The van der Waals surface area contributed by atoms with E-state index >= 15 is 0 Å². The van der Waals surface area contributed by atoms with Crippen LogP contribution in [0.25, 0.3) is 0 Å². The maximum absolute atomic E-state index is 11.6. The summed E-state index contributed by atoms with van der Waals surface area (Å²) in [7, 11) is 0. The molecule has 7 heteroatoms.